The molecule has 0 aliphatic rings. The van der Waals surface area contributed by atoms with E-state index < -0.39 is 0 Å². The Balaban J connectivity index is 1.99. The van der Waals surface area contributed by atoms with E-state index >= 15 is 0 Å². The number of amides is 1. The van der Waals surface area contributed by atoms with E-state index in [0.29, 0.717) is 5.56 Å². The molecule has 1 amide bonds. The van der Waals surface area contributed by atoms with E-state index in [9.17, 15) is 4.79 Å². The third-order valence-corrected chi connectivity index (χ3v) is 2.82. The van der Waals surface area contributed by atoms with Crippen LogP contribution in [-0.2, 0) is 0 Å². The molecule has 0 aliphatic heterocycles. The number of carbonyl (C=O) groups is 1. The zero-order valence-electron chi connectivity index (χ0n) is 9.38. The van der Waals surface area contributed by atoms with E-state index in [1.807, 2.05) is 24.3 Å². The number of aromatic nitrogens is 1. The van der Waals surface area contributed by atoms with Gasteiger partial charge < -0.3 is 0 Å². The summed E-state index contributed by atoms with van der Waals surface area (Å²) in [6, 6.07) is 11.0. The summed E-state index contributed by atoms with van der Waals surface area (Å²) >= 11 is 2.16. The minimum atomic E-state index is -0.228. The van der Waals surface area contributed by atoms with Gasteiger partial charge in [-0.15, -0.1) is 0 Å². The molecule has 4 nitrogen and oxygen atoms in total. The third-order valence-electron chi connectivity index (χ3n) is 2.15. The van der Waals surface area contributed by atoms with Gasteiger partial charge in [0.25, 0.3) is 5.91 Å². The van der Waals surface area contributed by atoms with Crippen molar-refractivity contribution in [3.05, 3.63) is 63.5 Å². The maximum absolute atomic E-state index is 11.7. The van der Waals surface area contributed by atoms with Crippen LogP contribution in [0.15, 0.2) is 53.9 Å². The van der Waals surface area contributed by atoms with E-state index in [1.165, 1.54) is 0 Å². The topological polar surface area (TPSA) is 54.4 Å². The minimum Gasteiger partial charge on any atom is -0.267 e. The van der Waals surface area contributed by atoms with Gasteiger partial charge in [-0.25, -0.2) is 5.43 Å². The lowest BCUT2D eigenvalue weighted by Crippen LogP contribution is -2.17. The summed E-state index contributed by atoms with van der Waals surface area (Å²) in [4.78, 5) is 15.7. The molecule has 0 saturated carbocycles. The summed E-state index contributed by atoms with van der Waals surface area (Å²) in [7, 11) is 0. The first kappa shape index (κ1) is 12.7. The minimum absolute atomic E-state index is 0.228. The first-order chi connectivity index (χ1) is 8.75. The molecule has 1 N–H and O–H groups in total. The molecule has 0 spiro atoms. The van der Waals surface area contributed by atoms with Crippen LogP contribution in [0.5, 0.6) is 0 Å². The number of benzene rings is 1. The standard InChI is InChI=1S/C13H10IN3O/c14-12-5-1-4-11(7-12)13(18)17-16-9-10-3-2-6-15-8-10/h1-9H,(H,17,18)/b16-9-. The molecule has 1 aromatic heterocycles. The molecule has 2 rings (SSSR count). The van der Waals surface area contributed by atoms with Gasteiger partial charge in [-0.05, 0) is 46.9 Å². The van der Waals surface area contributed by atoms with Gasteiger partial charge >= 0.3 is 0 Å². The van der Waals surface area contributed by atoms with Crippen LogP contribution in [0.4, 0.5) is 0 Å². The molecule has 0 radical (unpaired) electrons. The van der Waals surface area contributed by atoms with Crippen molar-refractivity contribution in [3.63, 3.8) is 0 Å². The summed E-state index contributed by atoms with van der Waals surface area (Å²) in [6.07, 6.45) is 4.90. The van der Waals surface area contributed by atoms with Crippen molar-refractivity contribution in [2.45, 2.75) is 0 Å². The molecule has 90 valence electrons. The smallest absolute Gasteiger partial charge is 0.267 e. The number of halogens is 1. The number of hydrazone groups is 1. The van der Waals surface area contributed by atoms with Crippen molar-refractivity contribution in [2.24, 2.45) is 5.10 Å². The monoisotopic (exact) mass is 351 g/mol. The van der Waals surface area contributed by atoms with Crippen molar-refractivity contribution in [1.29, 1.82) is 0 Å². The van der Waals surface area contributed by atoms with Gasteiger partial charge in [0.15, 0.2) is 0 Å². The Morgan fingerprint density at radius 3 is 2.94 bits per heavy atom. The van der Waals surface area contributed by atoms with Gasteiger partial charge in [-0.2, -0.15) is 5.10 Å². The molecular weight excluding hydrogens is 341 g/mol. The molecule has 0 bridgehead atoms. The first-order valence-electron chi connectivity index (χ1n) is 5.25. The van der Waals surface area contributed by atoms with Gasteiger partial charge in [0.05, 0.1) is 6.21 Å². The molecule has 2 aromatic rings. The van der Waals surface area contributed by atoms with E-state index in [2.05, 4.69) is 38.1 Å². The van der Waals surface area contributed by atoms with E-state index in [-0.39, 0.29) is 5.91 Å². The van der Waals surface area contributed by atoms with Gasteiger partial charge in [0.1, 0.15) is 0 Å². The van der Waals surface area contributed by atoms with Crippen molar-refractivity contribution in [3.8, 4) is 0 Å². The van der Waals surface area contributed by atoms with Gasteiger partial charge in [0, 0.05) is 27.1 Å². The lowest BCUT2D eigenvalue weighted by Gasteiger charge is -1.99. The number of carbonyl (C=O) groups excluding carboxylic acids is 1. The summed E-state index contributed by atoms with van der Waals surface area (Å²) < 4.78 is 1.01. The summed E-state index contributed by atoms with van der Waals surface area (Å²) in [5.74, 6) is -0.228. The molecular formula is C13H10IN3O. The molecule has 1 heterocycles. The van der Waals surface area contributed by atoms with Crippen LogP contribution in [0.2, 0.25) is 0 Å². The highest BCUT2D eigenvalue weighted by Gasteiger charge is 2.03. The van der Waals surface area contributed by atoms with Crippen molar-refractivity contribution in [1.82, 2.24) is 10.4 Å². The number of nitrogens with one attached hydrogen (secondary N) is 1. The number of nitrogens with zero attached hydrogens (tertiary/aromatic N) is 2. The molecule has 0 fully saturated rings. The Morgan fingerprint density at radius 1 is 1.33 bits per heavy atom. The highest BCUT2D eigenvalue weighted by atomic mass is 127. The van der Waals surface area contributed by atoms with Crippen LogP contribution in [0.3, 0.4) is 0 Å². The predicted molar refractivity (Wildman–Crippen MR) is 78.5 cm³/mol. The summed E-state index contributed by atoms with van der Waals surface area (Å²) in [5.41, 5.74) is 3.90. The predicted octanol–water partition coefficient (Wildman–Crippen LogP) is 2.45. The van der Waals surface area contributed by atoms with Crippen LogP contribution in [-0.4, -0.2) is 17.1 Å². The van der Waals surface area contributed by atoms with Crippen LogP contribution < -0.4 is 5.43 Å². The Labute approximate surface area is 118 Å². The maximum atomic E-state index is 11.7. The molecule has 0 unspecified atom stereocenters. The summed E-state index contributed by atoms with van der Waals surface area (Å²) in [6.45, 7) is 0. The first-order valence-corrected chi connectivity index (χ1v) is 6.32. The number of hydrogen-bond acceptors (Lipinski definition) is 3. The lowest BCUT2D eigenvalue weighted by molar-refractivity contribution is 0.0955. The van der Waals surface area contributed by atoms with Crippen LogP contribution in [0, 0.1) is 3.57 Å². The molecule has 1 aromatic carbocycles. The van der Waals surface area contributed by atoms with E-state index in [1.54, 1.807) is 30.7 Å². The zero-order valence-corrected chi connectivity index (χ0v) is 11.5. The fourth-order valence-electron chi connectivity index (χ4n) is 1.31. The molecule has 18 heavy (non-hydrogen) atoms. The van der Waals surface area contributed by atoms with Crippen molar-refractivity contribution in [2.75, 3.05) is 0 Å². The molecule has 5 heteroatoms. The quantitative estimate of drug-likeness (QED) is 0.525. The molecule has 0 aliphatic carbocycles. The van der Waals surface area contributed by atoms with Gasteiger partial charge in [-0.1, -0.05) is 12.1 Å². The van der Waals surface area contributed by atoms with Crippen LogP contribution in [0.25, 0.3) is 0 Å². The second kappa shape index (κ2) is 6.25. The average Bonchev–Trinajstić information content (AvgIpc) is 2.40. The molecule has 0 saturated heterocycles. The zero-order chi connectivity index (χ0) is 12.8. The lowest BCUT2D eigenvalue weighted by atomic mass is 10.2. The Morgan fingerprint density at radius 2 is 2.22 bits per heavy atom. The van der Waals surface area contributed by atoms with E-state index in [4.69, 9.17) is 0 Å². The van der Waals surface area contributed by atoms with Gasteiger partial charge in [0.2, 0.25) is 0 Å². The second-order valence-electron chi connectivity index (χ2n) is 3.50. The van der Waals surface area contributed by atoms with Gasteiger partial charge in [-0.3, -0.25) is 9.78 Å². The Hall–Kier alpha value is -1.76. The highest BCUT2D eigenvalue weighted by molar-refractivity contribution is 14.1. The second-order valence-corrected chi connectivity index (χ2v) is 4.74. The van der Waals surface area contributed by atoms with Crippen molar-refractivity contribution >= 4 is 34.7 Å². The fraction of sp³-hybridized carbons (Fsp3) is 0. The average molecular weight is 351 g/mol. The maximum Gasteiger partial charge on any atom is 0.271 e. The van der Waals surface area contributed by atoms with Crippen LogP contribution in [0.1, 0.15) is 15.9 Å². The Bertz CT molecular complexity index is 569. The fourth-order valence-corrected chi connectivity index (χ4v) is 1.86. The largest absolute Gasteiger partial charge is 0.271 e. The summed E-state index contributed by atoms with van der Waals surface area (Å²) in [5, 5.41) is 3.88. The number of pyridine rings is 1. The normalized spacial score (nSPS) is 10.5. The van der Waals surface area contributed by atoms with Crippen LogP contribution >= 0.6 is 22.6 Å². The van der Waals surface area contributed by atoms with E-state index in [0.717, 1.165) is 9.13 Å². The number of rotatable bonds is 3. The third kappa shape index (κ3) is 3.63. The molecule has 0 atom stereocenters. The van der Waals surface area contributed by atoms with Crippen molar-refractivity contribution < 1.29 is 4.79 Å². The SMILES string of the molecule is O=C(N/N=C\c1cccnc1)c1cccc(I)c1. The number of hydrogen-bond donors (Lipinski definition) is 1. The Kier molecular flexibility index (Phi) is 4.40. The highest BCUT2D eigenvalue weighted by Crippen LogP contribution is 2.07.